The maximum absolute atomic E-state index is 13.7. The quantitative estimate of drug-likeness (QED) is 0.295. The number of nitrogens with zero attached hydrogens (tertiary/aromatic N) is 3. The van der Waals surface area contributed by atoms with E-state index in [1.807, 2.05) is 0 Å². The number of pyridine rings is 1. The number of aliphatic carboxylic acids is 1. The lowest BCUT2D eigenvalue weighted by Crippen LogP contribution is -2.32. The third-order valence-corrected chi connectivity index (χ3v) is 6.26. The van der Waals surface area contributed by atoms with Crippen LogP contribution < -0.4 is 10.6 Å². The average molecular weight is 435 g/mol. The number of H-pyrrole nitrogens is 1. The van der Waals surface area contributed by atoms with Crippen LogP contribution >= 0.6 is 21.0 Å². The molecule has 3 aromatic heterocycles. The first-order valence-electron chi connectivity index (χ1n) is 9.13. The van der Waals surface area contributed by atoms with Crippen molar-refractivity contribution in [2.75, 3.05) is 5.32 Å². The highest BCUT2D eigenvalue weighted by Crippen LogP contribution is 2.30. The van der Waals surface area contributed by atoms with Gasteiger partial charge in [-0.2, -0.15) is 0 Å². The van der Waals surface area contributed by atoms with Crippen molar-refractivity contribution in [2.24, 2.45) is 5.92 Å². The molecule has 0 aliphatic carbocycles. The number of carboxylic acids is 1. The summed E-state index contributed by atoms with van der Waals surface area (Å²) in [6.45, 7) is 7.56. The van der Waals surface area contributed by atoms with E-state index in [1.165, 1.54) is 6.07 Å². The molecule has 154 valence electrons. The van der Waals surface area contributed by atoms with Gasteiger partial charge in [-0.15, -0.1) is 11.8 Å². The lowest BCUT2D eigenvalue weighted by Gasteiger charge is -2.21. The monoisotopic (exact) mass is 435 g/mol. The van der Waals surface area contributed by atoms with Crippen molar-refractivity contribution in [1.29, 1.82) is 0 Å². The fraction of sp³-hybridized carbons (Fsp3) is 0.368. The zero-order valence-electron chi connectivity index (χ0n) is 16.5. The van der Waals surface area contributed by atoms with Crippen LogP contribution in [0.15, 0.2) is 23.5 Å². The molecule has 0 saturated carbocycles. The molecule has 0 aliphatic rings. The van der Waals surface area contributed by atoms with E-state index in [4.69, 9.17) is 0 Å². The lowest BCUT2D eigenvalue weighted by atomic mass is 10.0. The Morgan fingerprint density at radius 3 is 2.69 bits per heavy atom. The molecule has 7 nitrogen and oxygen atoms in total. The van der Waals surface area contributed by atoms with Crippen molar-refractivity contribution in [2.45, 2.75) is 44.0 Å². The summed E-state index contributed by atoms with van der Waals surface area (Å²) in [6.07, 6.45) is 2.85. The van der Waals surface area contributed by atoms with Gasteiger partial charge in [0, 0.05) is 33.7 Å². The Labute approximate surface area is 174 Å². The van der Waals surface area contributed by atoms with Gasteiger partial charge in [0.05, 0.1) is 12.1 Å². The normalized spacial score (nSPS) is 13.6. The van der Waals surface area contributed by atoms with Gasteiger partial charge in [0.1, 0.15) is 22.3 Å². The molecule has 29 heavy (non-hydrogen) atoms. The molecule has 10 heteroatoms. The minimum atomic E-state index is -0.889. The summed E-state index contributed by atoms with van der Waals surface area (Å²) in [6, 6.07) is 1.04. The maximum Gasteiger partial charge on any atom is 0.308 e. The van der Waals surface area contributed by atoms with E-state index < -0.39 is 17.7 Å². The smallest absolute Gasteiger partial charge is 0.308 e. The molecule has 0 radical (unpaired) electrons. The zero-order chi connectivity index (χ0) is 21.3. The molecule has 3 aromatic rings. The van der Waals surface area contributed by atoms with E-state index in [0.717, 1.165) is 16.5 Å². The summed E-state index contributed by atoms with van der Waals surface area (Å²) in [5.74, 6) is -0.997. The van der Waals surface area contributed by atoms with Gasteiger partial charge in [-0.1, -0.05) is 23.1 Å². The largest absolute Gasteiger partial charge is 0.481 e. The van der Waals surface area contributed by atoms with E-state index in [9.17, 15) is 14.3 Å². The van der Waals surface area contributed by atoms with Gasteiger partial charge in [0.25, 0.3) is 0 Å². The number of hydrogen-bond donors (Lipinski definition) is 3. The highest BCUT2D eigenvalue weighted by molar-refractivity contribution is 8.00. The van der Waals surface area contributed by atoms with Gasteiger partial charge >= 0.3 is 5.97 Å². The van der Waals surface area contributed by atoms with Gasteiger partial charge in [-0.25, -0.2) is 19.3 Å². The molecular formula is C19H23FN5O2PS. The summed E-state index contributed by atoms with van der Waals surface area (Å²) >= 11 is 1.57. The predicted octanol–water partition coefficient (Wildman–Crippen LogP) is 3.68. The Balaban J connectivity index is 2.11. The van der Waals surface area contributed by atoms with Crippen molar-refractivity contribution in [3.63, 3.8) is 0 Å². The van der Waals surface area contributed by atoms with Crippen molar-refractivity contribution in [1.82, 2.24) is 19.9 Å². The number of carbonyl (C=O) groups is 1. The highest BCUT2D eigenvalue weighted by Gasteiger charge is 2.23. The van der Waals surface area contributed by atoms with Gasteiger partial charge < -0.3 is 15.4 Å². The number of fused-ring (bicyclic) bond motifs is 1. The first-order valence-corrected chi connectivity index (χ1v) is 10.6. The Hall–Kier alpha value is -2.25. The first kappa shape index (κ1) is 21.5. The van der Waals surface area contributed by atoms with Crippen molar-refractivity contribution in [3.05, 3.63) is 24.3 Å². The molecule has 3 rings (SSSR count). The molecular weight excluding hydrogens is 412 g/mol. The van der Waals surface area contributed by atoms with Crippen LogP contribution in [-0.2, 0) is 4.79 Å². The first-order chi connectivity index (χ1) is 13.7. The number of thioether (sulfide) groups is 1. The molecule has 3 unspecified atom stereocenters. The van der Waals surface area contributed by atoms with Crippen LogP contribution in [0, 0.1) is 11.7 Å². The van der Waals surface area contributed by atoms with Gasteiger partial charge in [-0.05, 0) is 19.9 Å². The minimum absolute atomic E-state index is 0.280. The number of nitrogens with one attached hydrogen (secondary N) is 2. The fourth-order valence-electron chi connectivity index (χ4n) is 2.71. The molecule has 3 atom stereocenters. The van der Waals surface area contributed by atoms with Gasteiger partial charge in [0.15, 0.2) is 5.82 Å². The molecule has 0 aliphatic heterocycles. The van der Waals surface area contributed by atoms with Crippen LogP contribution in [0.25, 0.3) is 22.4 Å². The number of carboxylic acid groups (broad SMARTS) is 1. The van der Waals surface area contributed by atoms with Crippen LogP contribution in [0.1, 0.15) is 27.7 Å². The summed E-state index contributed by atoms with van der Waals surface area (Å²) in [4.78, 5) is 27.7. The Morgan fingerprint density at radius 2 is 2.03 bits per heavy atom. The number of hydrogen-bond acceptors (Lipinski definition) is 6. The Bertz CT molecular complexity index is 1060. The van der Waals surface area contributed by atoms with Crippen molar-refractivity contribution >= 4 is 49.1 Å². The second-order valence-electron chi connectivity index (χ2n) is 7.09. The predicted molar refractivity (Wildman–Crippen MR) is 117 cm³/mol. The van der Waals surface area contributed by atoms with Crippen LogP contribution in [0.5, 0.6) is 0 Å². The number of aromatic amines is 1. The van der Waals surface area contributed by atoms with Crippen LogP contribution in [0.4, 0.5) is 10.2 Å². The summed E-state index contributed by atoms with van der Waals surface area (Å²) < 4.78 is 13.7. The summed E-state index contributed by atoms with van der Waals surface area (Å²) in [7, 11) is 2.64. The van der Waals surface area contributed by atoms with Gasteiger partial charge in [0.2, 0.25) is 0 Å². The van der Waals surface area contributed by atoms with Crippen LogP contribution in [0.3, 0.4) is 0 Å². The lowest BCUT2D eigenvalue weighted by molar-refractivity contribution is -0.141. The van der Waals surface area contributed by atoms with E-state index in [-0.39, 0.29) is 11.3 Å². The van der Waals surface area contributed by atoms with E-state index in [0.29, 0.717) is 28.2 Å². The Kier molecular flexibility index (Phi) is 6.39. The standard InChI is InChI=1S/C19H23FN5O2PS/c1-8(2)29-18-14(28)17(23-10(4)9(3)19(26)27)24-16(25-18)13-7-22-15-12(13)5-11(20)6-21-15/h5-10H,28H2,1-4H3,(H,21,22)(H,26,27)(H,23,24,25). The Morgan fingerprint density at radius 1 is 1.31 bits per heavy atom. The van der Waals surface area contributed by atoms with Gasteiger partial charge in [-0.3, -0.25) is 4.79 Å². The number of halogens is 1. The average Bonchev–Trinajstić information content (AvgIpc) is 3.06. The van der Waals surface area contributed by atoms with E-state index >= 15 is 0 Å². The second kappa shape index (κ2) is 8.63. The minimum Gasteiger partial charge on any atom is -0.481 e. The SMILES string of the molecule is CC(C)Sc1nc(-c2c[nH]c3ncc(F)cc23)nc(NC(C)C(C)C(=O)O)c1P. The second-order valence-corrected chi connectivity index (χ2v) is 9.24. The maximum atomic E-state index is 13.7. The van der Waals surface area contributed by atoms with Crippen molar-refractivity contribution < 1.29 is 14.3 Å². The highest BCUT2D eigenvalue weighted by atomic mass is 32.2. The molecule has 0 spiro atoms. The summed E-state index contributed by atoms with van der Waals surface area (Å²) in [5, 5.41) is 14.9. The van der Waals surface area contributed by atoms with E-state index in [1.54, 1.807) is 31.8 Å². The number of rotatable bonds is 7. The fourth-order valence-corrected chi connectivity index (χ4v) is 3.94. The van der Waals surface area contributed by atoms with Crippen molar-refractivity contribution in [3.8, 4) is 11.4 Å². The van der Waals surface area contributed by atoms with E-state index in [2.05, 4.69) is 48.3 Å². The molecule has 0 fully saturated rings. The van der Waals surface area contributed by atoms with Crippen LogP contribution in [0.2, 0.25) is 0 Å². The number of anilines is 1. The molecule has 0 aromatic carbocycles. The summed E-state index contributed by atoms with van der Waals surface area (Å²) in [5.41, 5.74) is 1.17. The third kappa shape index (κ3) is 4.67. The number of aromatic nitrogens is 4. The molecule has 0 bridgehead atoms. The topological polar surface area (TPSA) is 104 Å². The van der Waals surface area contributed by atoms with Crippen LogP contribution in [-0.4, -0.2) is 42.3 Å². The molecule has 3 heterocycles. The molecule has 3 N–H and O–H groups in total. The molecule has 0 amide bonds. The third-order valence-electron chi connectivity index (χ3n) is 4.50. The molecule has 0 saturated heterocycles. The zero-order valence-corrected chi connectivity index (χ0v) is 18.5.